The second-order valence-electron chi connectivity index (χ2n) is 32.2. The summed E-state index contributed by atoms with van der Waals surface area (Å²) < 4.78 is 18.9. The maximum Gasteiger partial charge on any atom is 0.136 e. The minimum absolute atomic E-state index is 0.916. The Morgan fingerprint density at radius 3 is 0.837 bits per heavy atom. The van der Waals surface area contributed by atoms with E-state index in [1.807, 2.05) is 12.1 Å². The molecule has 0 spiro atoms. The number of furan rings is 3. The number of fused-ring (bicyclic) bond motifs is 18. The molecular formula is C120H74O3. The number of rotatable bonds is 8. The van der Waals surface area contributed by atoms with Crippen molar-refractivity contribution in [2.45, 2.75) is 0 Å². The predicted octanol–water partition coefficient (Wildman–Crippen LogP) is 34.5. The molecule has 3 heterocycles. The molecule has 26 rings (SSSR count). The van der Waals surface area contributed by atoms with Gasteiger partial charge in [0.25, 0.3) is 0 Å². The van der Waals surface area contributed by atoms with Crippen LogP contribution in [0.2, 0.25) is 0 Å². The third-order valence-electron chi connectivity index (χ3n) is 25.3. The van der Waals surface area contributed by atoms with Crippen LogP contribution in [0.4, 0.5) is 0 Å². The van der Waals surface area contributed by atoms with Gasteiger partial charge in [0.05, 0.1) is 0 Å². The molecule has 26 aromatic rings. The first-order chi connectivity index (χ1) is 61.0. The second kappa shape index (κ2) is 29.4. The lowest BCUT2D eigenvalue weighted by Crippen LogP contribution is -1.91. The van der Waals surface area contributed by atoms with Gasteiger partial charge in [-0.15, -0.1) is 0 Å². The van der Waals surface area contributed by atoms with E-state index in [1.54, 1.807) is 0 Å². The standard InChI is InChI=1S/2C42H26O.C36H22O/c1-2-12-28-25-30(24-23-27(28)11-1)29-13-9-14-31(26-29)40-32-15-3-5-17-34(32)41(35-18-6-4-16-33(35)40)37-20-10-22-39-42(37)36-19-7-8-21-38(36)43-39;1-2-11-30-26-31(25-22-27(30)10-1)28-20-23-29(24-21-28)40-32-12-3-5-14-34(32)41(35-15-6-4-13-33(35)40)37-17-9-19-39-42(37)36-16-7-8-18-38(36)43-39;1-2-10-23(11-3-1)35-27-14-6-8-16-29(27)36(30-17-9-7-15-28(30)35)26-18-19-33-31(21-26)32-20-24-12-4-5-13-25(24)22-34(32)37-33/h2*1-26H;1-22H. The zero-order chi connectivity index (χ0) is 81.0. The first kappa shape index (κ1) is 71.0. The van der Waals surface area contributed by atoms with Crippen LogP contribution in [0.1, 0.15) is 0 Å². The summed E-state index contributed by atoms with van der Waals surface area (Å²) in [7, 11) is 0. The van der Waals surface area contributed by atoms with E-state index in [0.717, 1.165) is 55.0 Å². The Morgan fingerprint density at radius 2 is 0.382 bits per heavy atom. The normalized spacial score (nSPS) is 11.7. The van der Waals surface area contributed by atoms with Crippen LogP contribution in [-0.2, 0) is 0 Å². The Kier molecular flexibility index (Phi) is 17.0. The smallest absolute Gasteiger partial charge is 0.136 e. The highest BCUT2D eigenvalue weighted by atomic mass is 16.3. The monoisotopic (exact) mass is 1560 g/mol. The van der Waals surface area contributed by atoms with E-state index in [4.69, 9.17) is 13.3 Å². The van der Waals surface area contributed by atoms with Gasteiger partial charge in [-0.3, -0.25) is 0 Å². The van der Waals surface area contributed by atoms with Gasteiger partial charge < -0.3 is 13.3 Å². The van der Waals surface area contributed by atoms with Crippen LogP contribution in [0.5, 0.6) is 0 Å². The highest BCUT2D eigenvalue weighted by molar-refractivity contribution is 6.29. The SMILES string of the molecule is c1cc(-c2ccc3ccccc3c2)cc(-c2c3ccccc3c(-c3cccc4oc5ccccc5c34)c3ccccc23)c1.c1ccc(-c2c3ccccc3c(-c3ccc4oc5cc6ccccc6cc5c4c3)c3ccccc23)cc1.c1ccc2cc(-c3ccc(-c4c5ccccc5c(-c5cccc6oc7ccccc7c56)c5ccccc45)cc3)ccc2c1. The molecule has 0 aliphatic carbocycles. The summed E-state index contributed by atoms with van der Waals surface area (Å²) in [6.45, 7) is 0. The van der Waals surface area contributed by atoms with Crippen molar-refractivity contribution in [1.29, 1.82) is 0 Å². The van der Waals surface area contributed by atoms with E-state index < -0.39 is 0 Å². The predicted molar refractivity (Wildman–Crippen MR) is 522 cm³/mol. The lowest BCUT2D eigenvalue weighted by molar-refractivity contribution is 0.668. The van der Waals surface area contributed by atoms with E-state index >= 15 is 0 Å². The summed E-state index contributed by atoms with van der Waals surface area (Å²) in [4.78, 5) is 0. The Balaban J connectivity index is 0.000000104. The van der Waals surface area contributed by atoms with Crippen molar-refractivity contribution < 1.29 is 13.3 Å². The fourth-order valence-electron chi connectivity index (χ4n) is 19.8. The van der Waals surface area contributed by atoms with E-state index in [2.05, 4.69) is 437 Å². The van der Waals surface area contributed by atoms with Gasteiger partial charge in [0.2, 0.25) is 0 Å². The van der Waals surface area contributed by atoms with Gasteiger partial charge in [0, 0.05) is 32.3 Å². The Hall–Kier alpha value is -16.2. The molecule has 0 atom stereocenters. The highest BCUT2D eigenvalue weighted by Gasteiger charge is 2.25. The average molecular weight is 1560 g/mol. The molecule has 0 fully saturated rings. The van der Waals surface area contributed by atoms with E-state index in [0.29, 0.717) is 0 Å². The summed E-state index contributed by atoms with van der Waals surface area (Å²) >= 11 is 0. The van der Waals surface area contributed by atoms with Crippen molar-refractivity contribution in [3.8, 4) is 89.0 Å². The zero-order valence-electron chi connectivity index (χ0n) is 66.9. The summed E-state index contributed by atoms with van der Waals surface area (Å²) in [6, 6.07) is 162. The topological polar surface area (TPSA) is 39.4 Å². The van der Waals surface area contributed by atoms with Crippen molar-refractivity contribution in [2.75, 3.05) is 0 Å². The van der Waals surface area contributed by atoms with Crippen LogP contribution in [0.25, 0.3) is 252 Å². The average Bonchev–Trinajstić information content (AvgIpc) is 1.66. The minimum atomic E-state index is 0.916. The molecular weight excluding hydrogens is 1490 g/mol. The molecule has 23 aromatic carbocycles. The largest absolute Gasteiger partial charge is 0.456 e. The van der Waals surface area contributed by atoms with Crippen molar-refractivity contribution in [3.63, 3.8) is 0 Å². The molecule has 0 bridgehead atoms. The molecule has 0 aliphatic heterocycles. The van der Waals surface area contributed by atoms with Gasteiger partial charge in [0.15, 0.2) is 0 Å². The first-order valence-corrected chi connectivity index (χ1v) is 42.2. The van der Waals surface area contributed by atoms with Crippen LogP contribution < -0.4 is 0 Å². The van der Waals surface area contributed by atoms with E-state index in [-0.39, 0.29) is 0 Å². The molecule has 572 valence electrons. The second-order valence-corrected chi connectivity index (χ2v) is 32.2. The van der Waals surface area contributed by atoms with Gasteiger partial charge in [0.1, 0.15) is 33.5 Å². The van der Waals surface area contributed by atoms with Crippen LogP contribution >= 0.6 is 0 Å². The fraction of sp³-hybridized carbons (Fsp3) is 0. The van der Waals surface area contributed by atoms with Crippen LogP contribution in [0.15, 0.2) is 462 Å². The van der Waals surface area contributed by atoms with Crippen LogP contribution in [0.3, 0.4) is 0 Å². The molecule has 0 radical (unpaired) electrons. The third kappa shape index (κ3) is 12.0. The van der Waals surface area contributed by atoms with Crippen molar-refractivity contribution in [3.05, 3.63) is 449 Å². The van der Waals surface area contributed by atoms with Gasteiger partial charge >= 0.3 is 0 Å². The molecule has 0 saturated heterocycles. The molecule has 0 unspecified atom stereocenters. The Morgan fingerprint density at radius 1 is 0.114 bits per heavy atom. The van der Waals surface area contributed by atoms with Crippen LogP contribution in [-0.4, -0.2) is 0 Å². The fourth-order valence-corrected chi connectivity index (χ4v) is 19.8. The molecule has 123 heavy (non-hydrogen) atoms. The summed E-state index contributed by atoms with van der Waals surface area (Å²) in [5.41, 5.74) is 25.3. The minimum Gasteiger partial charge on any atom is -0.456 e. The maximum atomic E-state index is 6.31. The Bertz CT molecular complexity index is 8590. The summed E-state index contributed by atoms with van der Waals surface area (Å²) in [5.74, 6) is 0. The zero-order valence-corrected chi connectivity index (χ0v) is 66.9. The number of para-hydroxylation sites is 2. The van der Waals surface area contributed by atoms with Gasteiger partial charge in [-0.1, -0.05) is 382 Å². The van der Waals surface area contributed by atoms with Crippen molar-refractivity contribution in [1.82, 2.24) is 0 Å². The van der Waals surface area contributed by atoms with E-state index in [1.165, 1.54) is 197 Å². The quantitative estimate of drug-likeness (QED) is 0.142. The number of hydrogen-bond acceptors (Lipinski definition) is 3. The van der Waals surface area contributed by atoms with Crippen molar-refractivity contribution >= 4 is 163 Å². The Labute approximate surface area is 709 Å². The first-order valence-electron chi connectivity index (χ1n) is 42.2. The molecule has 0 N–H and O–H groups in total. The lowest BCUT2D eigenvalue weighted by Gasteiger charge is -2.18. The molecule has 0 aliphatic rings. The molecule has 3 nitrogen and oxygen atoms in total. The number of hydrogen-bond donors (Lipinski definition) is 0. The summed E-state index contributed by atoms with van der Waals surface area (Å²) in [5, 5.41) is 29.4. The van der Waals surface area contributed by atoms with Gasteiger partial charge in [-0.05, 0) is 253 Å². The molecule has 0 saturated carbocycles. The van der Waals surface area contributed by atoms with Crippen LogP contribution in [0, 0.1) is 0 Å². The van der Waals surface area contributed by atoms with Gasteiger partial charge in [-0.25, -0.2) is 0 Å². The third-order valence-corrected chi connectivity index (χ3v) is 25.3. The maximum absolute atomic E-state index is 6.31. The van der Waals surface area contributed by atoms with Crippen molar-refractivity contribution in [2.24, 2.45) is 0 Å². The number of benzene rings is 23. The summed E-state index contributed by atoms with van der Waals surface area (Å²) in [6.07, 6.45) is 0. The highest BCUT2D eigenvalue weighted by Crippen LogP contribution is 2.52. The molecule has 3 aromatic heterocycles. The molecule has 0 amide bonds. The van der Waals surface area contributed by atoms with E-state index in [9.17, 15) is 0 Å². The van der Waals surface area contributed by atoms with Gasteiger partial charge in [-0.2, -0.15) is 0 Å². The lowest BCUT2D eigenvalue weighted by atomic mass is 9.84. The molecule has 3 heteroatoms.